The van der Waals surface area contributed by atoms with Gasteiger partial charge >= 0.3 is 0 Å². The number of fused-ring (bicyclic) bond motifs is 6. The van der Waals surface area contributed by atoms with Crippen molar-refractivity contribution in [3.05, 3.63) is 113 Å². The van der Waals surface area contributed by atoms with Gasteiger partial charge in [-0.3, -0.25) is 10.3 Å². The highest BCUT2D eigenvalue weighted by molar-refractivity contribution is 6.38. The van der Waals surface area contributed by atoms with Crippen LogP contribution in [0.5, 0.6) is 0 Å². The summed E-state index contributed by atoms with van der Waals surface area (Å²) in [6, 6.07) is 16.5. The molecular formula is C30H14F2N8. The van der Waals surface area contributed by atoms with Gasteiger partial charge in [-0.1, -0.05) is 24.3 Å². The fraction of sp³-hybridized carbons (Fsp3) is 0.0333. The molecule has 40 heavy (non-hydrogen) atoms. The first-order valence-corrected chi connectivity index (χ1v) is 12.1. The van der Waals surface area contributed by atoms with Crippen molar-refractivity contribution in [2.24, 2.45) is 15.0 Å². The van der Waals surface area contributed by atoms with E-state index in [0.717, 1.165) is 33.4 Å². The zero-order valence-corrected chi connectivity index (χ0v) is 20.4. The van der Waals surface area contributed by atoms with Gasteiger partial charge in [0.05, 0.1) is 22.8 Å². The Morgan fingerprint density at radius 2 is 1.38 bits per heavy atom. The molecule has 10 heteroatoms. The molecule has 8 nitrogen and oxygen atoms in total. The number of rotatable bonds is 3. The first-order chi connectivity index (χ1) is 19.6. The summed E-state index contributed by atoms with van der Waals surface area (Å²) in [5.41, 5.74) is 8.60. The number of hydrogen-bond acceptors (Lipinski definition) is 8. The molecule has 2 aromatic carbocycles. The summed E-state index contributed by atoms with van der Waals surface area (Å²) in [7, 11) is 0. The lowest BCUT2D eigenvalue weighted by Gasteiger charge is -2.16. The van der Waals surface area contributed by atoms with E-state index >= 15 is 0 Å². The maximum Gasteiger partial charge on any atom is 0.212 e. The van der Waals surface area contributed by atoms with Crippen LogP contribution in [-0.4, -0.2) is 33.1 Å². The van der Waals surface area contributed by atoms with Crippen molar-refractivity contribution in [2.45, 2.75) is 6.04 Å². The van der Waals surface area contributed by atoms with Crippen molar-refractivity contribution in [3.8, 4) is 34.6 Å². The minimum atomic E-state index is -0.620. The van der Waals surface area contributed by atoms with E-state index in [4.69, 9.17) is 9.98 Å². The van der Waals surface area contributed by atoms with Crippen molar-refractivity contribution < 1.29 is 8.78 Å². The number of benzene rings is 2. The molecule has 3 heterocycles. The van der Waals surface area contributed by atoms with E-state index in [1.54, 1.807) is 12.1 Å². The lowest BCUT2D eigenvalue weighted by atomic mass is 10.00. The Labute approximate surface area is 226 Å². The van der Waals surface area contributed by atoms with Crippen molar-refractivity contribution in [3.63, 3.8) is 0 Å². The molecule has 1 unspecified atom stereocenters. The van der Waals surface area contributed by atoms with Gasteiger partial charge in [-0.25, -0.2) is 15.0 Å². The van der Waals surface area contributed by atoms with E-state index in [0.29, 0.717) is 39.7 Å². The van der Waals surface area contributed by atoms with Crippen molar-refractivity contribution >= 4 is 22.8 Å². The monoisotopic (exact) mass is 524 g/mol. The Bertz CT molecular complexity index is 1960. The molecule has 4 aromatic rings. The first-order valence-electron chi connectivity index (χ1n) is 12.1. The van der Waals surface area contributed by atoms with Crippen molar-refractivity contribution in [2.75, 3.05) is 0 Å². The SMILES string of the molecule is N#CN=C1c2cc(-c3ccc(F)nc3)ccc2C2=NC3=C(NC#N)c4cc(-c5ccc(F)nc5)ccc4C3=NC12. The van der Waals surface area contributed by atoms with Crippen LogP contribution in [0.1, 0.15) is 22.3 Å². The van der Waals surface area contributed by atoms with Gasteiger partial charge in [-0.15, -0.1) is 0 Å². The molecule has 0 amide bonds. The van der Waals surface area contributed by atoms with Crippen LogP contribution >= 0.6 is 0 Å². The number of nitrogens with one attached hydrogen (secondary N) is 1. The molecule has 0 saturated carbocycles. The fourth-order valence-electron chi connectivity index (χ4n) is 5.28. The van der Waals surface area contributed by atoms with E-state index < -0.39 is 17.9 Å². The van der Waals surface area contributed by atoms with Crippen LogP contribution in [0.2, 0.25) is 0 Å². The zero-order valence-electron chi connectivity index (χ0n) is 20.4. The molecule has 1 N–H and O–H groups in total. The van der Waals surface area contributed by atoms with E-state index in [-0.39, 0.29) is 0 Å². The number of aromatic nitrogens is 2. The third-order valence-electron chi connectivity index (χ3n) is 7.06. The molecule has 0 bridgehead atoms. The third-order valence-corrected chi connectivity index (χ3v) is 7.06. The standard InChI is InChI=1S/C30H14F2N8/c31-23-7-3-17(11-35-23)15-1-5-19-21(9-15)25(37-13-33)29-27(19)39-30-26(38-14-34)22-10-16(2-6-20(22)28(30)40-29)18-4-8-24(32)36-12-18/h1-12,29,38H. The number of nitrogens with zero attached hydrogens (tertiary/aromatic N) is 7. The summed E-state index contributed by atoms with van der Waals surface area (Å²) < 4.78 is 26.7. The molecule has 7 rings (SSSR count). The summed E-state index contributed by atoms with van der Waals surface area (Å²) in [5, 5.41) is 21.8. The Kier molecular flexibility index (Phi) is 5.15. The number of halogens is 2. The van der Waals surface area contributed by atoms with Gasteiger partial charge < -0.3 is 0 Å². The second kappa shape index (κ2) is 8.86. The summed E-state index contributed by atoms with van der Waals surface area (Å²) in [5.74, 6) is -1.14. The Morgan fingerprint density at radius 3 is 1.98 bits per heavy atom. The molecule has 0 fully saturated rings. The van der Waals surface area contributed by atoms with Crippen molar-refractivity contribution in [1.29, 1.82) is 10.5 Å². The van der Waals surface area contributed by atoms with Gasteiger partial charge in [0.1, 0.15) is 11.7 Å². The molecule has 0 radical (unpaired) electrons. The summed E-state index contributed by atoms with van der Waals surface area (Å²) in [6.45, 7) is 0. The van der Waals surface area contributed by atoms with Gasteiger partial charge in [-0.05, 0) is 47.5 Å². The van der Waals surface area contributed by atoms with Gasteiger partial charge in [0.15, 0.2) is 6.19 Å². The second-order valence-corrected chi connectivity index (χ2v) is 9.19. The largest absolute Gasteiger partial charge is 0.290 e. The average Bonchev–Trinajstić information content (AvgIpc) is 3.44. The number of pyridine rings is 2. The van der Waals surface area contributed by atoms with E-state index in [1.165, 1.54) is 24.5 Å². The molecular weight excluding hydrogens is 510 g/mol. The number of hydrogen-bond donors (Lipinski definition) is 1. The van der Waals surface area contributed by atoms with E-state index in [9.17, 15) is 19.3 Å². The first kappa shape index (κ1) is 23.3. The molecule has 1 atom stereocenters. The highest BCUT2D eigenvalue weighted by Gasteiger charge is 2.41. The van der Waals surface area contributed by atoms with Crippen molar-refractivity contribution in [1.82, 2.24) is 15.3 Å². The second-order valence-electron chi connectivity index (χ2n) is 9.19. The van der Waals surface area contributed by atoms with Crippen LogP contribution < -0.4 is 5.32 Å². The van der Waals surface area contributed by atoms with Crippen LogP contribution in [0.4, 0.5) is 8.78 Å². The molecule has 2 aromatic heterocycles. The maximum atomic E-state index is 13.4. The Hall–Kier alpha value is -5.87. The zero-order chi connectivity index (χ0) is 27.4. The van der Waals surface area contributed by atoms with Crippen LogP contribution in [-0.2, 0) is 0 Å². The highest BCUT2D eigenvalue weighted by Crippen LogP contribution is 2.41. The lowest BCUT2D eigenvalue weighted by Crippen LogP contribution is -2.27. The van der Waals surface area contributed by atoms with Crippen LogP contribution in [0.25, 0.3) is 28.0 Å². The Balaban J connectivity index is 1.38. The fourth-order valence-corrected chi connectivity index (χ4v) is 5.28. The highest BCUT2D eigenvalue weighted by atomic mass is 19.1. The topological polar surface area (TPSA) is 122 Å². The van der Waals surface area contributed by atoms with E-state index in [2.05, 4.69) is 20.3 Å². The third kappa shape index (κ3) is 3.51. The van der Waals surface area contributed by atoms with Crippen LogP contribution in [0.3, 0.4) is 0 Å². The summed E-state index contributed by atoms with van der Waals surface area (Å²) in [6.07, 6.45) is 6.78. The lowest BCUT2D eigenvalue weighted by molar-refractivity contribution is 0.583. The van der Waals surface area contributed by atoms with Gasteiger partial charge in [0, 0.05) is 45.8 Å². The predicted octanol–water partition coefficient (Wildman–Crippen LogP) is 4.79. The number of aliphatic imine (C=N–C) groups is 3. The van der Waals surface area contributed by atoms with Crippen LogP contribution in [0, 0.1) is 34.8 Å². The molecule has 188 valence electrons. The van der Waals surface area contributed by atoms with E-state index in [1.807, 2.05) is 48.8 Å². The van der Waals surface area contributed by atoms with Gasteiger partial charge in [-0.2, -0.15) is 24.3 Å². The summed E-state index contributed by atoms with van der Waals surface area (Å²) >= 11 is 0. The number of allylic oxidation sites excluding steroid dienone is 1. The minimum Gasteiger partial charge on any atom is -0.290 e. The molecule has 2 aliphatic carbocycles. The normalized spacial score (nSPS) is 17.2. The molecule has 0 saturated heterocycles. The quantitative estimate of drug-likeness (QED) is 0.235. The predicted molar refractivity (Wildman–Crippen MR) is 144 cm³/mol. The maximum absolute atomic E-state index is 13.4. The molecule has 1 aliphatic heterocycles. The minimum absolute atomic E-state index is 0.456. The summed E-state index contributed by atoms with van der Waals surface area (Å²) in [4.78, 5) is 21.6. The van der Waals surface area contributed by atoms with Gasteiger partial charge in [0.2, 0.25) is 18.1 Å². The molecule has 3 aliphatic rings. The van der Waals surface area contributed by atoms with Crippen LogP contribution in [0.15, 0.2) is 93.7 Å². The average molecular weight is 524 g/mol. The smallest absolute Gasteiger partial charge is 0.212 e. The molecule has 0 spiro atoms. The van der Waals surface area contributed by atoms with Gasteiger partial charge in [0.25, 0.3) is 0 Å². The Morgan fingerprint density at radius 1 is 0.750 bits per heavy atom. The number of nitriles is 2.